The molecule has 0 spiro atoms. The monoisotopic (exact) mass is 421 g/mol. The van der Waals surface area contributed by atoms with Crippen LogP contribution in [-0.4, -0.2) is 60.8 Å². The van der Waals surface area contributed by atoms with Crippen LogP contribution >= 0.6 is 0 Å². The summed E-state index contributed by atoms with van der Waals surface area (Å²) in [6, 6.07) is 5.76. The standard InChI is InChI=1S/C19H23N3O6S/c1-13-18(14(2)28-20-13)12-27-19(24)16-5-4-6-17(11-16)29(25,26)22-9-7-21(8-10-22)15(3)23/h4-6,11H,7-10,12H2,1-3H3. The number of aromatic nitrogens is 1. The molecule has 156 valence electrons. The first-order valence-corrected chi connectivity index (χ1v) is 10.6. The third-order valence-corrected chi connectivity index (χ3v) is 6.81. The molecule has 0 atom stereocenters. The number of hydrogen-bond donors (Lipinski definition) is 0. The lowest BCUT2D eigenvalue weighted by atomic mass is 10.2. The maximum atomic E-state index is 12.9. The van der Waals surface area contributed by atoms with Crippen LogP contribution in [0.15, 0.2) is 33.7 Å². The van der Waals surface area contributed by atoms with E-state index in [1.807, 2.05) is 0 Å². The predicted molar refractivity (Wildman–Crippen MR) is 103 cm³/mol. The number of aryl methyl sites for hydroxylation is 2. The van der Waals surface area contributed by atoms with Crippen LogP contribution in [0.1, 0.15) is 34.3 Å². The van der Waals surface area contributed by atoms with E-state index in [1.54, 1.807) is 18.7 Å². The maximum Gasteiger partial charge on any atom is 0.338 e. The molecular weight excluding hydrogens is 398 g/mol. The van der Waals surface area contributed by atoms with Gasteiger partial charge in [0.15, 0.2) is 0 Å². The number of piperazine rings is 1. The maximum absolute atomic E-state index is 12.9. The molecule has 3 rings (SSSR count). The zero-order valence-corrected chi connectivity index (χ0v) is 17.4. The summed E-state index contributed by atoms with van der Waals surface area (Å²) >= 11 is 0. The molecule has 0 saturated carbocycles. The number of rotatable bonds is 5. The Labute approximate surface area is 169 Å². The summed E-state index contributed by atoms with van der Waals surface area (Å²) in [5, 5.41) is 3.81. The summed E-state index contributed by atoms with van der Waals surface area (Å²) in [6.45, 7) is 6.03. The average Bonchev–Trinajstić information content (AvgIpc) is 3.03. The van der Waals surface area contributed by atoms with Crippen molar-refractivity contribution in [2.45, 2.75) is 32.3 Å². The van der Waals surface area contributed by atoms with Crippen LogP contribution in [0.4, 0.5) is 0 Å². The van der Waals surface area contributed by atoms with Crippen LogP contribution in [0.3, 0.4) is 0 Å². The lowest BCUT2D eigenvalue weighted by molar-refractivity contribution is -0.129. The van der Waals surface area contributed by atoms with Gasteiger partial charge in [-0.05, 0) is 32.0 Å². The smallest absolute Gasteiger partial charge is 0.338 e. The first kappa shape index (κ1) is 21.0. The second-order valence-electron chi connectivity index (χ2n) is 6.82. The molecule has 1 amide bonds. The summed E-state index contributed by atoms with van der Waals surface area (Å²) in [7, 11) is -3.78. The van der Waals surface area contributed by atoms with Crippen molar-refractivity contribution in [1.82, 2.24) is 14.4 Å². The van der Waals surface area contributed by atoms with Gasteiger partial charge in [-0.15, -0.1) is 0 Å². The lowest BCUT2D eigenvalue weighted by Gasteiger charge is -2.33. The highest BCUT2D eigenvalue weighted by Crippen LogP contribution is 2.20. The van der Waals surface area contributed by atoms with Crippen LogP contribution in [0.5, 0.6) is 0 Å². The second kappa shape index (κ2) is 8.34. The summed E-state index contributed by atoms with van der Waals surface area (Å²) < 4.78 is 37.5. The van der Waals surface area contributed by atoms with Crippen LogP contribution in [0.2, 0.25) is 0 Å². The number of benzene rings is 1. The Morgan fingerprint density at radius 3 is 2.45 bits per heavy atom. The minimum absolute atomic E-state index is 0.00994. The van der Waals surface area contributed by atoms with Gasteiger partial charge < -0.3 is 14.2 Å². The SMILES string of the molecule is CC(=O)N1CCN(S(=O)(=O)c2cccc(C(=O)OCc3c(C)noc3C)c2)CC1. The Hall–Kier alpha value is -2.72. The van der Waals surface area contributed by atoms with E-state index in [2.05, 4.69) is 5.16 Å². The van der Waals surface area contributed by atoms with Crippen molar-refractivity contribution in [2.75, 3.05) is 26.2 Å². The molecule has 0 unspecified atom stereocenters. The highest BCUT2D eigenvalue weighted by atomic mass is 32.2. The molecule has 1 aliphatic heterocycles. The van der Waals surface area contributed by atoms with Gasteiger partial charge in [0.2, 0.25) is 15.9 Å². The lowest BCUT2D eigenvalue weighted by Crippen LogP contribution is -2.49. The first-order chi connectivity index (χ1) is 13.7. The van der Waals surface area contributed by atoms with Gasteiger partial charge in [-0.25, -0.2) is 13.2 Å². The highest BCUT2D eigenvalue weighted by Gasteiger charge is 2.29. The molecule has 0 N–H and O–H groups in total. The second-order valence-corrected chi connectivity index (χ2v) is 8.75. The molecule has 10 heteroatoms. The van der Waals surface area contributed by atoms with Crippen molar-refractivity contribution < 1.29 is 27.3 Å². The molecule has 29 heavy (non-hydrogen) atoms. The molecule has 0 radical (unpaired) electrons. The van der Waals surface area contributed by atoms with E-state index in [1.165, 1.54) is 35.5 Å². The van der Waals surface area contributed by atoms with E-state index in [9.17, 15) is 18.0 Å². The van der Waals surface area contributed by atoms with Crippen molar-refractivity contribution in [1.29, 1.82) is 0 Å². The first-order valence-electron chi connectivity index (χ1n) is 9.14. The van der Waals surface area contributed by atoms with Crippen LogP contribution < -0.4 is 0 Å². The van der Waals surface area contributed by atoms with E-state index >= 15 is 0 Å². The minimum Gasteiger partial charge on any atom is -0.457 e. The molecule has 0 bridgehead atoms. The zero-order valence-electron chi connectivity index (χ0n) is 16.5. The number of carbonyl (C=O) groups is 2. The topological polar surface area (TPSA) is 110 Å². The summed E-state index contributed by atoms with van der Waals surface area (Å²) in [4.78, 5) is 25.5. The van der Waals surface area contributed by atoms with Gasteiger partial charge in [-0.2, -0.15) is 4.31 Å². The van der Waals surface area contributed by atoms with E-state index < -0.39 is 16.0 Å². The van der Waals surface area contributed by atoms with Crippen molar-refractivity contribution in [3.05, 3.63) is 46.8 Å². The zero-order chi connectivity index (χ0) is 21.2. The van der Waals surface area contributed by atoms with Gasteiger partial charge in [-0.3, -0.25) is 4.79 Å². The van der Waals surface area contributed by atoms with Crippen LogP contribution in [0, 0.1) is 13.8 Å². The minimum atomic E-state index is -3.78. The Morgan fingerprint density at radius 1 is 1.17 bits per heavy atom. The Balaban J connectivity index is 1.71. The number of esters is 1. The molecule has 1 aromatic carbocycles. The molecule has 9 nitrogen and oxygen atoms in total. The van der Waals surface area contributed by atoms with Gasteiger partial charge in [0.05, 0.1) is 21.7 Å². The molecule has 1 aromatic heterocycles. The summed E-state index contributed by atoms with van der Waals surface area (Å²) in [6.07, 6.45) is 0. The van der Waals surface area contributed by atoms with E-state index in [0.29, 0.717) is 30.1 Å². The molecule has 2 heterocycles. The number of hydrogen-bond acceptors (Lipinski definition) is 7. The molecule has 1 saturated heterocycles. The molecule has 2 aromatic rings. The number of ether oxygens (including phenoxy) is 1. The van der Waals surface area contributed by atoms with Gasteiger partial charge in [0, 0.05) is 33.1 Å². The van der Waals surface area contributed by atoms with Gasteiger partial charge in [0.25, 0.3) is 0 Å². The van der Waals surface area contributed by atoms with Crippen LogP contribution in [-0.2, 0) is 26.2 Å². The highest BCUT2D eigenvalue weighted by molar-refractivity contribution is 7.89. The number of amides is 1. The Kier molecular flexibility index (Phi) is 6.04. The van der Waals surface area contributed by atoms with Gasteiger partial charge >= 0.3 is 5.97 Å². The van der Waals surface area contributed by atoms with Crippen molar-refractivity contribution in [3.8, 4) is 0 Å². The number of carbonyl (C=O) groups excluding carboxylic acids is 2. The molecule has 1 aliphatic rings. The fourth-order valence-corrected chi connectivity index (χ4v) is 4.57. The molecular formula is C19H23N3O6S. The third kappa shape index (κ3) is 4.48. The van der Waals surface area contributed by atoms with E-state index in [4.69, 9.17) is 9.26 Å². The van der Waals surface area contributed by atoms with E-state index in [-0.39, 0.29) is 36.1 Å². The predicted octanol–water partition coefficient (Wildman–Crippen LogP) is 1.50. The van der Waals surface area contributed by atoms with E-state index in [0.717, 1.165) is 0 Å². The molecule has 0 aliphatic carbocycles. The van der Waals surface area contributed by atoms with Gasteiger partial charge in [0.1, 0.15) is 12.4 Å². The molecule has 1 fully saturated rings. The van der Waals surface area contributed by atoms with Crippen LogP contribution in [0.25, 0.3) is 0 Å². The fourth-order valence-electron chi connectivity index (χ4n) is 3.10. The van der Waals surface area contributed by atoms with Crippen molar-refractivity contribution >= 4 is 21.9 Å². The normalized spacial score (nSPS) is 15.3. The summed E-state index contributed by atoms with van der Waals surface area (Å²) in [5.74, 6) is -0.148. The van der Waals surface area contributed by atoms with Gasteiger partial charge in [-0.1, -0.05) is 11.2 Å². The largest absolute Gasteiger partial charge is 0.457 e. The number of nitrogens with zero attached hydrogens (tertiary/aromatic N) is 3. The number of sulfonamides is 1. The Morgan fingerprint density at radius 2 is 1.86 bits per heavy atom. The average molecular weight is 421 g/mol. The quantitative estimate of drug-likeness (QED) is 0.673. The Bertz CT molecular complexity index is 1000. The summed E-state index contributed by atoms with van der Waals surface area (Å²) in [5.41, 5.74) is 1.46. The van der Waals surface area contributed by atoms with Crippen molar-refractivity contribution in [3.63, 3.8) is 0 Å². The van der Waals surface area contributed by atoms with Crippen molar-refractivity contribution in [2.24, 2.45) is 0 Å². The fraction of sp³-hybridized carbons (Fsp3) is 0.421. The third-order valence-electron chi connectivity index (χ3n) is 4.92.